The maximum atomic E-state index is 13.7. The fourth-order valence-corrected chi connectivity index (χ4v) is 3.00. The third kappa shape index (κ3) is 4.28. The van der Waals surface area contributed by atoms with Gasteiger partial charge in [-0.15, -0.1) is 0 Å². The van der Waals surface area contributed by atoms with Crippen LogP contribution in [-0.4, -0.2) is 18.0 Å². The van der Waals surface area contributed by atoms with Crippen LogP contribution in [0.3, 0.4) is 0 Å². The summed E-state index contributed by atoms with van der Waals surface area (Å²) < 4.78 is 38.2. The minimum atomic E-state index is -1.06. The van der Waals surface area contributed by atoms with Crippen molar-refractivity contribution in [2.24, 2.45) is 4.99 Å². The lowest BCUT2D eigenvalue weighted by Crippen LogP contribution is -2.22. The van der Waals surface area contributed by atoms with Crippen LogP contribution in [0, 0.1) is 18.6 Å². The topological polar surface area (TPSA) is 76.7 Å². The summed E-state index contributed by atoms with van der Waals surface area (Å²) in [4.78, 5) is 21.5. The zero-order valence-corrected chi connectivity index (χ0v) is 16.6. The molecule has 4 aromatic rings. The van der Waals surface area contributed by atoms with Crippen LogP contribution in [0.4, 0.5) is 20.3 Å². The summed E-state index contributed by atoms with van der Waals surface area (Å²) in [6.45, 7) is 1.80. The lowest BCUT2D eigenvalue weighted by molar-refractivity contribution is 0.102. The second kappa shape index (κ2) is 8.35. The van der Waals surface area contributed by atoms with Crippen LogP contribution in [0.2, 0.25) is 0 Å². The largest absolute Gasteiger partial charge is 0.493 e. The van der Waals surface area contributed by atoms with E-state index in [1.54, 1.807) is 49.4 Å². The number of hydrogen-bond donors (Lipinski definition) is 1. The second-order valence-corrected chi connectivity index (χ2v) is 6.67. The molecule has 6 nitrogen and oxygen atoms in total. The zero-order chi connectivity index (χ0) is 22.0. The first-order valence-electron chi connectivity index (χ1n) is 9.30. The number of pyridine rings is 1. The number of hydrogen-bond acceptors (Lipinski definition) is 5. The predicted molar refractivity (Wildman–Crippen MR) is 111 cm³/mol. The Kier molecular flexibility index (Phi) is 5.44. The van der Waals surface area contributed by atoms with Crippen LogP contribution >= 0.6 is 0 Å². The number of halogens is 2. The number of benzene rings is 2. The molecule has 1 amide bonds. The molecule has 0 unspecified atom stereocenters. The first-order valence-corrected chi connectivity index (χ1v) is 9.30. The van der Waals surface area contributed by atoms with Crippen LogP contribution in [0.5, 0.6) is 5.75 Å². The van der Waals surface area contributed by atoms with E-state index < -0.39 is 17.5 Å². The number of carbonyl (C=O) groups excluding carboxylic acids is 1. The third-order valence-corrected chi connectivity index (χ3v) is 4.47. The highest BCUT2D eigenvalue weighted by Crippen LogP contribution is 2.25. The van der Waals surface area contributed by atoms with Gasteiger partial charge in [-0.05, 0) is 43.3 Å². The van der Waals surface area contributed by atoms with Gasteiger partial charge in [-0.1, -0.05) is 18.2 Å². The fourth-order valence-electron chi connectivity index (χ4n) is 3.00. The van der Waals surface area contributed by atoms with Crippen molar-refractivity contribution in [1.29, 1.82) is 0 Å². The smallest absolute Gasteiger partial charge is 0.262 e. The first-order chi connectivity index (χ1) is 14.9. The van der Waals surface area contributed by atoms with Crippen LogP contribution in [0.15, 0.2) is 70.1 Å². The van der Waals surface area contributed by atoms with E-state index in [1.165, 1.54) is 13.2 Å². The molecule has 0 aliphatic heterocycles. The zero-order valence-electron chi connectivity index (χ0n) is 16.6. The standard InChI is InChI=1S/C23H17F2N3O3/c1-13-5-3-8-20(26-13)28-22(29)16-11-14-6-4-7-19(30-2)21(14)31-23(16)27-15-9-10-17(24)18(25)12-15/h3-12H,1-2H3,(H,26,28,29). The molecule has 2 aromatic heterocycles. The molecular weight excluding hydrogens is 404 g/mol. The fraction of sp³-hybridized carbons (Fsp3) is 0.0870. The van der Waals surface area contributed by atoms with Gasteiger partial charge in [0.05, 0.1) is 12.8 Å². The minimum absolute atomic E-state index is 0.0830. The van der Waals surface area contributed by atoms with Crippen molar-refractivity contribution in [2.45, 2.75) is 6.92 Å². The van der Waals surface area contributed by atoms with Gasteiger partial charge in [0.25, 0.3) is 5.91 Å². The number of anilines is 1. The van der Waals surface area contributed by atoms with Gasteiger partial charge in [0.1, 0.15) is 11.4 Å². The van der Waals surface area contributed by atoms with Crippen molar-refractivity contribution in [3.63, 3.8) is 0 Å². The quantitative estimate of drug-likeness (QED) is 0.508. The summed E-state index contributed by atoms with van der Waals surface area (Å²) in [6.07, 6.45) is 0. The maximum Gasteiger partial charge on any atom is 0.262 e. The maximum absolute atomic E-state index is 13.7. The van der Waals surface area contributed by atoms with Gasteiger partial charge in [-0.3, -0.25) is 4.79 Å². The van der Waals surface area contributed by atoms with E-state index in [2.05, 4.69) is 15.3 Å². The average molecular weight is 421 g/mol. The number of rotatable bonds is 4. The van der Waals surface area contributed by atoms with Crippen molar-refractivity contribution in [3.8, 4) is 5.75 Å². The third-order valence-electron chi connectivity index (χ3n) is 4.47. The molecule has 4 rings (SSSR count). The molecule has 0 fully saturated rings. The van der Waals surface area contributed by atoms with E-state index in [0.29, 0.717) is 22.5 Å². The van der Waals surface area contributed by atoms with Crippen molar-refractivity contribution >= 4 is 28.4 Å². The van der Waals surface area contributed by atoms with Crippen LogP contribution in [0.25, 0.3) is 11.0 Å². The Morgan fingerprint density at radius 2 is 1.87 bits per heavy atom. The molecule has 2 aromatic carbocycles. The highest BCUT2D eigenvalue weighted by molar-refractivity contribution is 6.05. The first kappa shape index (κ1) is 20.2. The van der Waals surface area contributed by atoms with Gasteiger partial charge in [0.15, 0.2) is 23.0 Å². The minimum Gasteiger partial charge on any atom is -0.493 e. The SMILES string of the molecule is COc1cccc2cc(C(=O)Nc3cccc(C)n3)c(=Nc3ccc(F)c(F)c3)oc12. The summed E-state index contributed by atoms with van der Waals surface area (Å²) in [7, 11) is 1.49. The van der Waals surface area contributed by atoms with Crippen molar-refractivity contribution < 1.29 is 22.7 Å². The molecule has 0 radical (unpaired) electrons. The molecule has 31 heavy (non-hydrogen) atoms. The van der Waals surface area contributed by atoms with E-state index in [0.717, 1.165) is 17.8 Å². The van der Waals surface area contributed by atoms with Gasteiger partial charge in [-0.25, -0.2) is 18.8 Å². The van der Waals surface area contributed by atoms with Crippen molar-refractivity contribution in [3.05, 3.63) is 89.1 Å². The number of methoxy groups -OCH3 is 1. The molecule has 0 spiro atoms. The van der Waals surface area contributed by atoms with Crippen LogP contribution in [0.1, 0.15) is 16.1 Å². The average Bonchev–Trinajstić information content (AvgIpc) is 2.75. The van der Waals surface area contributed by atoms with Gasteiger partial charge in [-0.2, -0.15) is 0 Å². The number of carbonyl (C=O) groups is 1. The molecule has 0 atom stereocenters. The van der Waals surface area contributed by atoms with E-state index in [1.807, 2.05) is 0 Å². The highest BCUT2D eigenvalue weighted by Gasteiger charge is 2.16. The summed E-state index contributed by atoms with van der Waals surface area (Å²) in [5.41, 5.74) is 1.18. The molecular formula is C23H17F2N3O3. The lowest BCUT2D eigenvalue weighted by atomic mass is 10.1. The summed E-state index contributed by atoms with van der Waals surface area (Å²) in [5.74, 6) is -1.79. The molecule has 0 aliphatic carbocycles. The second-order valence-electron chi connectivity index (χ2n) is 6.67. The van der Waals surface area contributed by atoms with E-state index in [-0.39, 0.29) is 16.8 Å². The molecule has 0 bridgehead atoms. The van der Waals surface area contributed by atoms with Gasteiger partial charge < -0.3 is 14.5 Å². The normalized spacial score (nSPS) is 11.5. The number of amides is 1. The summed E-state index contributed by atoms with van der Waals surface area (Å²) >= 11 is 0. The Hall–Kier alpha value is -4.07. The Morgan fingerprint density at radius 3 is 2.61 bits per heavy atom. The van der Waals surface area contributed by atoms with E-state index in [4.69, 9.17) is 9.15 Å². The number of ether oxygens (including phenoxy) is 1. The van der Waals surface area contributed by atoms with Gasteiger partial charge in [0.2, 0.25) is 5.55 Å². The summed E-state index contributed by atoms with van der Waals surface area (Å²) in [6, 6.07) is 15.2. The molecule has 156 valence electrons. The number of fused-ring (bicyclic) bond motifs is 1. The number of aryl methyl sites for hydroxylation is 1. The van der Waals surface area contributed by atoms with Crippen LogP contribution < -0.4 is 15.6 Å². The van der Waals surface area contributed by atoms with Crippen molar-refractivity contribution in [2.75, 3.05) is 12.4 Å². The van der Waals surface area contributed by atoms with Gasteiger partial charge in [0, 0.05) is 17.1 Å². The number of aromatic nitrogens is 1. The van der Waals surface area contributed by atoms with E-state index >= 15 is 0 Å². The molecule has 0 saturated carbocycles. The number of nitrogens with zero attached hydrogens (tertiary/aromatic N) is 2. The predicted octanol–water partition coefficient (Wildman–Crippen LogP) is 4.91. The molecule has 0 aliphatic rings. The van der Waals surface area contributed by atoms with E-state index in [9.17, 15) is 13.6 Å². The molecule has 2 heterocycles. The monoisotopic (exact) mass is 421 g/mol. The molecule has 8 heteroatoms. The molecule has 0 saturated heterocycles. The van der Waals surface area contributed by atoms with Crippen molar-refractivity contribution in [1.82, 2.24) is 4.98 Å². The van der Waals surface area contributed by atoms with Crippen LogP contribution in [-0.2, 0) is 0 Å². The number of para-hydroxylation sites is 1. The highest BCUT2D eigenvalue weighted by atomic mass is 19.2. The Bertz CT molecular complexity index is 1370. The summed E-state index contributed by atoms with van der Waals surface area (Å²) in [5, 5.41) is 3.31. The molecule has 1 N–H and O–H groups in total. The Labute approximate surface area is 175 Å². The number of nitrogens with one attached hydrogen (secondary N) is 1. The Morgan fingerprint density at radius 1 is 1.06 bits per heavy atom. The van der Waals surface area contributed by atoms with Gasteiger partial charge >= 0.3 is 0 Å². The Balaban J connectivity index is 1.89. The lowest BCUT2D eigenvalue weighted by Gasteiger charge is -2.09.